The highest BCUT2D eigenvalue weighted by Gasteiger charge is 2.10. The lowest BCUT2D eigenvalue weighted by Crippen LogP contribution is -2.23. The number of nitrogens with one attached hydrogen (secondary N) is 1. The van der Waals surface area contributed by atoms with E-state index in [-0.39, 0.29) is 24.0 Å². The Hall–Kier alpha value is -0.820. The van der Waals surface area contributed by atoms with Crippen LogP contribution in [0, 0.1) is 0 Å². The molecule has 0 saturated carbocycles. The maximum absolute atomic E-state index is 5.82. The Morgan fingerprint density at radius 2 is 2.16 bits per heavy atom. The molecular formula is C14H22IN3O. The van der Waals surface area contributed by atoms with E-state index < -0.39 is 0 Å². The van der Waals surface area contributed by atoms with Gasteiger partial charge in [0, 0.05) is 12.3 Å². The smallest absolute Gasteiger partial charge is 0.193 e. The monoisotopic (exact) mass is 375 g/mol. The van der Waals surface area contributed by atoms with Crippen LogP contribution >= 0.6 is 24.0 Å². The van der Waals surface area contributed by atoms with E-state index >= 15 is 0 Å². The average molecular weight is 375 g/mol. The van der Waals surface area contributed by atoms with E-state index in [0.717, 1.165) is 5.69 Å². The van der Waals surface area contributed by atoms with E-state index in [1.807, 2.05) is 6.92 Å². The summed E-state index contributed by atoms with van der Waals surface area (Å²) in [5.41, 5.74) is 9.74. The summed E-state index contributed by atoms with van der Waals surface area (Å²) in [6.07, 6.45) is 3.64. The summed E-state index contributed by atoms with van der Waals surface area (Å²) in [5, 5.41) is 3.12. The highest BCUT2D eigenvalue weighted by Crippen LogP contribution is 2.24. The largest absolute Gasteiger partial charge is 0.380 e. The number of fused-ring (bicyclic) bond motifs is 1. The van der Waals surface area contributed by atoms with Crippen molar-refractivity contribution in [1.82, 2.24) is 0 Å². The Kier molecular flexibility index (Phi) is 7.15. The molecule has 2 rings (SSSR count). The fourth-order valence-electron chi connectivity index (χ4n) is 2.21. The second kappa shape index (κ2) is 8.37. The lowest BCUT2D eigenvalue weighted by atomic mass is 10.1. The Labute approximate surface area is 131 Å². The van der Waals surface area contributed by atoms with Gasteiger partial charge in [-0.2, -0.15) is 0 Å². The van der Waals surface area contributed by atoms with E-state index in [1.54, 1.807) is 0 Å². The molecule has 1 aliphatic carbocycles. The molecule has 1 aliphatic rings. The van der Waals surface area contributed by atoms with Crippen LogP contribution in [0.2, 0.25) is 0 Å². The molecule has 5 heteroatoms. The predicted molar refractivity (Wildman–Crippen MR) is 90.5 cm³/mol. The second-order valence-electron chi connectivity index (χ2n) is 4.43. The average Bonchev–Trinajstić information content (AvgIpc) is 2.82. The van der Waals surface area contributed by atoms with Gasteiger partial charge in [0.05, 0.1) is 13.2 Å². The van der Waals surface area contributed by atoms with Gasteiger partial charge >= 0.3 is 0 Å². The van der Waals surface area contributed by atoms with Crippen LogP contribution in [-0.2, 0) is 17.6 Å². The van der Waals surface area contributed by atoms with Gasteiger partial charge in [0.25, 0.3) is 0 Å². The molecule has 4 nitrogen and oxygen atoms in total. The normalized spacial score (nSPS) is 13.8. The third-order valence-electron chi connectivity index (χ3n) is 3.09. The van der Waals surface area contributed by atoms with Crippen LogP contribution in [0.25, 0.3) is 0 Å². The molecule has 0 aliphatic heterocycles. The molecule has 0 amide bonds. The van der Waals surface area contributed by atoms with Gasteiger partial charge in [0.15, 0.2) is 5.96 Å². The van der Waals surface area contributed by atoms with Gasteiger partial charge in [-0.3, -0.25) is 4.99 Å². The molecule has 0 spiro atoms. The minimum Gasteiger partial charge on any atom is -0.380 e. The molecule has 1 aromatic carbocycles. The number of aliphatic imine (C=N–C) groups is 1. The maximum Gasteiger partial charge on any atom is 0.193 e. The molecule has 0 unspecified atom stereocenters. The quantitative estimate of drug-likeness (QED) is 0.360. The Balaban J connectivity index is 0.00000180. The van der Waals surface area contributed by atoms with Crippen LogP contribution in [0.1, 0.15) is 24.5 Å². The number of nitrogens with two attached hydrogens (primary N) is 1. The zero-order valence-electron chi connectivity index (χ0n) is 11.3. The number of hydrogen-bond donors (Lipinski definition) is 2. The minimum absolute atomic E-state index is 0. The van der Waals surface area contributed by atoms with Crippen molar-refractivity contribution in [2.24, 2.45) is 10.7 Å². The SMILES string of the molecule is CCOCCN=C(N)Nc1ccc2c(c1)CCC2.I. The molecule has 0 bridgehead atoms. The van der Waals surface area contributed by atoms with Crippen LogP contribution in [0.4, 0.5) is 5.69 Å². The molecule has 0 aromatic heterocycles. The lowest BCUT2D eigenvalue weighted by Gasteiger charge is -2.08. The first kappa shape index (κ1) is 16.2. The van der Waals surface area contributed by atoms with Crippen LogP contribution in [0.3, 0.4) is 0 Å². The third kappa shape index (κ3) is 4.99. The molecule has 1 aromatic rings. The van der Waals surface area contributed by atoms with Crippen LogP contribution in [0.15, 0.2) is 23.2 Å². The molecule has 0 saturated heterocycles. The second-order valence-corrected chi connectivity index (χ2v) is 4.43. The number of ether oxygens (including phenoxy) is 1. The van der Waals surface area contributed by atoms with Crippen LogP contribution in [-0.4, -0.2) is 25.7 Å². The highest BCUT2D eigenvalue weighted by molar-refractivity contribution is 14.0. The van der Waals surface area contributed by atoms with Gasteiger partial charge in [-0.1, -0.05) is 6.07 Å². The number of aryl methyl sites for hydroxylation is 2. The van der Waals surface area contributed by atoms with Crippen molar-refractivity contribution >= 4 is 35.6 Å². The number of hydrogen-bond acceptors (Lipinski definition) is 2. The van der Waals surface area contributed by atoms with Crippen LogP contribution in [0.5, 0.6) is 0 Å². The fraction of sp³-hybridized carbons (Fsp3) is 0.500. The number of anilines is 1. The molecule has 0 fully saturated rings. The van der Waals surface area contributed by atoms with Crippen molar-refractivity contribution in [3.8, 4) is 0 Å². The highest BCUT2D eigenvalue weighted by atomic mass is 127. The molecular weight excluding hydrogens is 353 g/mol. The fourth-order valence-corrected chi connectivity index (χ4v) is 2.21. The van der Waals surface area contributed by atoms with Crippen molar-refractivity contribution in [2.75, 3.05) is 25.1 Å². The number of benzene rings is 1. The van der Waals surface area contributed by atoms with Gasteiger partial charge in [0.2, 0.25) is 0 Å². The predicted octanol–water partition coefficient (Wildman–Crippen LogP) is 2.56. The van der Waals surface area contributed by atoms with Gasteiger partial charge in [0.1, 0.15) is 0 Å². The molecule has 19 heavy (non-hydrogen) atoms. The molecule has 0 atom stereocenters. The zero-order chi connectivity index (χ0) is 12.8. The number of nitrogens with zero attached hydrogens (tertiary/aromatic N) is 1. The zero-order valence-corrected chi connectivity index (χ0v) is 13.6. The number of guanidine groups is 1. The van der Waals surface area contributed by atoms with E-state index in [9.17, 15) is 0 Å². The van der Waals surface area contributed by atoms with E-state index in [0.29, 0.717) is 25.7 Å². The van der Waals surface area contributed by atoms with Gasteiger partial charge in [-0.15, -0.1) is 24.0 Å². The summed E-state index contributed by atoms with van der Waals surface area (Å²) in [6.45, 7) is 3.89. The van der Waals surface area contributed by atoms with Gasteiger partial charge in [-0.05, 0) is 49.4 Å². The minimum atomic E-state index is 0. The molecule has 0 radical (unpaired) electrons. The van der Waals surface area contributed by atoms with Crippen LogP contribution < -0.4 is 11.1 Å². The number of halogens is 1. The van der Waals surface area contributed by atoms with E-state index in [2.05, 4.69) is 28.5 Å². The van der Waals surface area contributed by atoms with Crippen molar-refractivity contribution in [3.05, 3.63) is 29.3 Å². The van der Waals surface area contributed by atoms with Crippen molar-refractivity contribution in [2.45, 2.75) is 26.2 Å². The first-order valence-electron chi connectivity index (χ1n) is 6.56. The Bertz CT molecular complexity index is 435. The lowest BCUT2D eigenvalue weighted by molar-refractivity contribution is 0.156. The summed E-state index contributed by atoms with van der Waals surface area (Å²) in [7, 11) is 0. The van der Waals surface area contributed by atoms with Crippen molar-refractivity contribution in [1.29, 1.82) is 0 Å². The Morgan fingerprint density at radius 1 is 1.37 bits per heavy atom. The van der Waals surface area contributed by atoms with Crippen molar-refractivity contribution in [3.63, 3.8) is 0 Å². The van der Waals surface area contributed by atoms with E-state index in [4.69, 9.17) is 10.5 Å². The summed E-state index contributed by atoms with van der Waals surface area (Å²) in [6, 6.07) is 6.42. The topological polar surface area (TPSA) is 59.6 Å². The van der Waals surface area contributed by atoms with Crippen molar-refractivity contribution < 1.29 is 4.74 Å². The van der Waals surface area contributed by atoms with E-state index in [1.165, 1.54) is 30.4 Å². The summed E-state index contributed by atoms with van der Waals surface area (Å²) < 4.78 is 5.20. The summed E-state index contributed by atoms with van der Waals surface area (Å²) >= 11 is 0. The summed E-state index contributed by atoms with van der Waals surface area (Å²) in [5.74, 6) is 0.452. The maximum atomic E-state index is 5.82. The first-order chi connectivity index (χ1) is 8.79. The number of rotatable bonds is 5. The summed E-state index contributed by atoms with van der Waals surface area (Å²) in [4.78, 5) is 4.21. The third-order valence-corrected chi connectivity index (χ3v) is 3.09. The Morgan fingerprint density at radius 3 is 2.95 bits per heavy atom. The molecule has 0 heterocycles. The standard InChI is InChI=1S/C14H21N3O.HI/c1-2-18-9-8-16-14(15)17-13-7-6-11-4-3-5-12(11)10-13;/h6-7,10H,2-5,8-9H2,1H3,(H3,15,16,17);1H. The van der Waals surface area contributed by atoms with Gasteiger partial charge < -0.3 is 15.8 Å². The molecule has 3 N–H and O–H groups in total. The van der Waals surface area contributed by atoms with Gasteiger partial charge in [-0.25, -0.2) is 0 Å². The molecule has 106 valence electrons. The first-order valence-corrected chi connectivity index (χ1v) is 6.56.